The van der Waals surface area contributed by atoms with E-state index in [0.29, 0.717) is 45.1 Å². The molecule has 1 aliphatic rings. The second-order valence-corrected chi connectivity index (χ2v) is 10.2. The lowest BCUT2D eigenvalue weighted by molar-refractivity contribution is -0.126. The molecule has 1 fully saturated rings. The van der Waals surface area contributed by atoms with Gasteiger partial charge in [-0.25, -0.2) is 4.39 Å². The van der Waals surface area contributed by atoms with Crippen LogP contribution in [0.5, 0.6) is 5.75 Å². The number of primary amides is 1. The number of nitrogens with one attached hydrogen (secondary N) is 2. The molecule has 4 N–H and O–H groups in total. The molecule has 0 aliphatic carbocycles. The van der Waals surface area contributed by atoms with E-state index in [0.717, 1.165) is 6.54 Å². The van der Waals surface area contributed by atoms with Gasteiger partial charge in [-0.3, -0.25) is 4.79 Å². The number of thiophene rings is 1. The van der Waals surface area contributed by atoms with Gasteiger partial charge >= 0.3 is 6.18 Å². The van der Waals surface area contributed by atoms with Gasteiger partial charge in [0.05, 0.1) is 47.1 Å². The van der Waals surface area contributed by atoms with Gasteiger partial charge in [0.15, 0.2) is 0 Å². The Morgan fingerprint density at radius 3 is 2.74 bits per heavy atom. The lowest BCUT2D eigenvalue weighted by atomic mass is 10.0. The number of halogens is 4. The normalized spacial score (nSPS) is 18.1. The number of piperidine rings is 1. The van der Waals surface area contributed by atoms with E-state index in [1.165, 1.54) is 30.6 Å². The number of hydrogen-bond donors (Lipinski definition) is 3. The van der Waals surface area contributed by atoms with Crippen LogP contribution >= 0.6 is 11.3 Å². The molecular formula is C27H28F4N4O2S. The number of methoxy groups -OCH3 is 1. The highest BCUT2D eigenvalue weighted by molar-refractivity contribution is 7.20. The molecule has 6 nitrogen and oxygen atoms in total. The number of hydrogen-bond acceptors (Lipinski definition) is 6. The molecule has 0 spiro atoms. The standard InChI is InChI=1S/C27H28F4N4O2S/c1-35-12-10-20(19(28)15-35)34-22-6-3-5-17-18(14-27(29,30)31)24(38-25(17)22)7-4-11-33-21-9-8-16(26(32)36)13-23(21)37-2/h3,5-6,8-9,13,19-20,33-34H,10-12,14-15H2,1-2H3,(H2,32,36)/t19-,20+/m0/s1. The van der Waals surface area contributed by atoms with Crippen molar-refractivity contribution in [2.75, 3.05) is 44.4 Å². The second-order valence-electron chi connectivity index (χ2n) is 9.14. The van der Waals surface area contributed by atoms with E-state index in [1.807, 2.05) is 11.9 Å². The quantitative estimate of drug-likeness (QED) is 0.285. The molecule has 3 aromatic rings. The van der Waals surface area contributed by atoms with E-state index in [-0.39, 0.29) is 17.7 Å². The third-order valence-electron chi connectivity index (χ3n) is 6.34. The number of fused-ring (bicyclic) bond motifs is 1. The number of anilines is 2. The topological polar surface area (TPSA) is 79.6 Å². The number of carbonyl (C=O) groups is 1. The lowest BCUT2D eigenvalue weighted by Gasteiger charge is -2.33. The summed E-state index contributed by atoms with van der Waals surface area (Å²) in [6.07, 6.45) is -6.02. The lowest BCUT2D eigenvalue weighted by Crippen LogP contribution is -2.46. The molecule has 1 saturated heterocycles. The van der Waals surface area contributed by atoms with Crippen molar-refractivity contribution in [1.82, 2.24) is 4.90 Å². The first kappa shape index (κ1) is 27.5. The third-order valence-corrected chi connectivity index (χ3v) is 7.53. The van der Waals surface area contributed by atoms with Crippen LogP contribution in [0.15, 0.2) is 36.4 Å². The first-order chi connectivity index (χ1) is 18.1. The maximum atomic E-state index is 14.6. The van der Waals surface area contributed by atoms with Crippen molar-refractivity contribution in [1.29, 1.82) is 0 Å². The molecule has 2 aromatic carbocycles. The van der Waals surface area contributed by atoms with Crippen LogP contribution in [0.1, 0.15) is 27.2 Å². The van der Waals surface area contributed by atoms with E-state index in [4.69, 9.17) is 10.5 Å². The number of nitrogens with two attached hydrogens (primary N) is 1. The van der Waals surface area contributed by atoms with Crippen LogP contribution < -0.4 is 21.1 Å². The van der Waals surface area contributed by atoms with E-state index in [2.05, 4.69) is 22.5 Å². The van der Waals surface area contributed by atoms with Crippen molar-refractivity contribution >= 4 is 38.7 Å². The number of amides is 1. The summed E-state index contributed by atoms with van der Waals surface area (Å²) in [6, 6.07) is 9.33. The highest BCUT2D eigenvalue weighted by Crippen LogP contribution is 2.39. The summed E-state index contributed by atoms with van der Waals surface area (Å²) >= 11 is 1.17. The number of carbonyl (C=O) groups excluding carboxylic acids is 1. The molecule has 2 atom stereocenters. The molecule has 38 heavy (non-hydrogen) atoms. The molecule has 1 amide bonds. The summed E-state index contributed by atoms with van der Waals surface area (Å²) in [7, 11) is 3.30. The summed E-state index contributed by atoms with van der Waals surface area (Å²) in [5.74, 6) is 5.57. The maximum absolute atomic E-state index is 14.6. The molecule has 0 saturated carbocycles. The van der Waals surface area contributed by atoms with E-state index < -0.39 is 30.7 Å². The molecule has 202 valence electrons. The molecule has 1 aromatic heterocycles. The minimum atomic E-state index is -4.42. The van der Waals surface area contributed by atoms with E-state index >= 15 is 0 Å². The number of nitrogens with zero attached hydrogens (tertiary/aromatic N) is 1. The number of benzene rings is 2. The average molecular weight is 549 g/mol. The zero-order valence-electron chi connectivity index (χ0n) is 20.9. The summed E-state index contributed by atoms with van der Waals surface area (Å²) in [5.41, 5.74) is 6.86. The Kier molecular flexibility index (Phi) is 8.33. The van der Waals surface area contributed by atoms with Crippen LogP contribution in [0.3, 0.4) is 0 Å². The summed E-state index contributed by atoms with van der Waals surface area (Å²) in [5, 5.41) is 6.74. The number of alkyl halides is 4. The van der Waals surface area contributed by atoms with E-state index in [1.54, 1.807) is 24.3 Å². The van der Waals surface area contributed by atoms with Crippen LogP contribution in [-0.4, -0.2) is 63.0 Å². The molecule has 2 heterocycles. The Morgan fingerprint density at radius 2 is 2.05 bits per heavy atom. The zero-order valence-corrected chi connectivity index (χ0v) is 21.7. The first-order valence-electron chi connectivity index (χ1n) is 12.0. The van der Waals surface area contributed by atoms with Crippen LogP contribution in [0.2, 0.25) is 0 Å². The fraction of sp³-hybridized carbons (Fsp3) is 0.370. The van der Waals surface area contributed by atoms with Gasteiger partial charge in [0.1, 0.15) is 11.9 Å². The van der Waals surface area contributed by atoms with Gasteiger partial charge in [-0.15, -0.1) is 11.3 Å². The van der Waals surface area contributed by atoms with Crippen LogP contribution in [-0.2, 0) is 6.42 Å². The van der Waals surface area contributed by atoms with Crippen molar-refractivity contribution in [2.45, 2.75) is 31.2 Å². The fourth-order valence-electron chi connectivity index (χ4n) is 4.43. The third kappa shape index (κ3) is 6.49. The monoisotopic (exact) mass is 548 g/mol. The molecule has 0 unspecified atom stereocenters. The van der Waals surface area contributed by atoms with Gasteiger partial charge in [-0.2, -0.15) is 13.2 Å². The van der Waals surface area contributed by atoms with Crippen LogP contribution in [0.25, 0.3) is 10.1 Å². The minimum Gasteiger partial charge on any atom is -0.495 e. The second kappa shape index (κ2) is 11.5. The predicted octanol–water partition coefficient (Wildman–Crippen LogP) is 5.03. The predicted molar refractivity (Wildman–Crippen MR) is 143 cm³/mol. The molecule has 0 radical (unpaired) electrons. The largest absolute Gasteiger partial charge is 0.495 e. The Morgan fingerprint density at radius 1 is 1.26 bits per heavy atom. The zero-order chi connectivity index (χ0) is 27.4. The molecule has 1 aliphatic heterocycles. The van der Waals surface area contributed by atoms with E-state index in [9.17, 15) is 22.4 Å². The molecule has 0 bridgehead atoms. The van der Waals surface area contributed by atoms with Gasteiger partial charge < -0.3 is 26.0 Å². The van der Waals surface area contributed by atoms with Crippen molar-refractivity contribution < 1.29 is 27.1 Å². The molecule has 4 rings (SSSR count). The molecule has 11 heteroatoms. The smallest absolute Gasteiger partial charge is 0.393 e. The van der Waals surface area contributed by atoms with Crippen molar-refractivity contribution in [3.05, 3.63) is 52.4 Å². The van der Waals surface area contributed by atoms with Gasteiger partial charge in [0, 0.05) is 18.7 Å². The Hall–Kier alpha value is -3.49. The summed E-state index contributed by atoms with van der Waals surface area (Å²) in [4.78, 5) is 13.6. The van der Waals surface area contributed by atoms with Crippen molar-refractivity contribution in [3.63, 3.8) is 0 Å². The highest BCUT2D eigenvalue weighted by Gasteiger charge is 2.32. The van der Waals surface area contributed by atoms with Crippen LogP contribution in [0, 0.1) is 11.8 Å². The van der Waals surface area contributed by atoms with Gasteiger partial charge in [0.25, 0.3) is 0 Å². The Balaban J connectivity index is 1.60. The Bertz CT molecular complexity index is 1380. The Labute approximate surface area is 222 Å². The maximum Gasteiger partial charge on any atom is 0.393 e. The van der Waals surface area contributed by atoms with Crippen molar-refractivity contribution in [2.24, 2.45) is 5.73 Å². The average Bonchev–Trinajstić information content (AvgIpc) is 3.20. The molecular weight excluding hydrogens is 520 g/mol. The number of ether oxygens (including phenoxy) is 1. The summed E-state index contributed by atoms with van der Waals surface area (Å²) < 4.78 is 61.0. The van der Waals surface area contributed by atoms with Gasteiger partial charge in [-0.05, 0) is 48.7 Å². The van der Waals surface area contributed by atoms with Gasteiger partial charge in [-0.1, -0.05) is 24.0 Å². The van der Waals surface area contributed by atoms with Gasteiger partial charge in [0.2, 0.25) is 5.91 Å². The highest BCUT2D eigenvalue weighted by atomic mass is 32.1. The van der Waals surface area contributed by atoms with Crippen molar-refractivity contribution in [3.8, 4) is 17.6 Å². The number of rotatable bonds is 7. The fourth-order valence-corrected chi connectivity index (χ4v) is 5.61. The number of likely N-dealkylation sites (tertiary alicyclic amines) is 1. The SMILES string of the molecule is COc1cc(C(N)=O)ccc1NCC#Cc1sc2c(N[C@@H]3CCN(C)C[C@@H]3F)cccc2c1CC(F)(F)F. The van der Waals surface area contributed by atoms with Crippen LogP contribution in [0.4, 0.5) is 28.9 Å². The summed E-state index contributed by atoms with van der Waals surface area (Å²) in [6.45, 7) is 1.16. The minimum absolute atomic E-state index is 0.109. The first-order valence-corrected chi connectivity index (χ1v) is 12.8.